The number of nitrogens with zero attached hydrogens (tertiary/aromatic N) is 1. The number of hydrogen-bond donors (Lipinski definition) is 2. The van der Waals surface area contributed by atoms with Crippen LogP contribution in [0.3, 0.4) is 0 Å². The largest absolute Gasteiger partial charge is 0.497 e. The second-order valence-electron chi connectivity index (χ2n) is 5.38. The fourth-order valence-corrected chi connectivity index (χ4v) is 2.07. The minimum Gasteiger partial charge on any atom is -0.497 e. The molecule has 1 aliphatic carbocycles. The van der Waals surface area contributed by atoms with E-state index in [1.54, 1.807) is 19.4 Å². The molecule has 1 aromatic heterocycles. The van der Waals surface area contributed by atoms with Crippen LogP contribution in [-0.2, 0) is 6.54 Å². The predicted octanol–water partition coefficient (Wildman–Crippen LogP) is 2.59. The van der Waals surface area contributed by atoms with E-state index in [9.17, 15) is 4.79 Å². The van der Waals surface area contributed by atoms with E-state index in [2.05, 4.69) is 15.6 Å². The van der Waals surface area contributed by atoms with Crippen LogP contribution in [0, 0.1) is 0 Å². The quantitative estimate of drug-likeness (QED) is 0.860. The second-order valence-corrected chi connectivity index (χ2v) is 5.38. The molecule has 5 heteroatoms. The van der Waals surface area contributed by atoms with Gasteiger partial charge in [0, 0.05) is 18.8 Å². The van der Waals surface area contributed by atoms with E-state index in [1.807, 2.05) is 30.3 Å². The van der Waals surface area contributed by atoms with Crippen molar-refractivity contribution in [1.29, 1.82) is 0 Å². The van der Waals surface area contributed by atoms with Gasteiger partial charge in [-0.15, -0.1) is 0 Å². The van der Waals surface area contributed by atoms with Crippen LogP contribution in [0.5, 0.6) is 5.75 Å². The molecule has 2 N–H and O–H groups in total. The Kier molecular flexibility index (Phi) is 4.23. The predicted molar refractivity (Wildman–Crippen MR) is 85.0 cm³/mol. The average Bonchev–Trinajstić information content (AvgIpc) is 3.38. The van der Waals surface area contributed by atoms with Crippen LogP contribution in [0.1, 0.15) is 28.8 Å². The smallest absolute Gasteiger partial charge is 0.253 e. The van der Waals surface area contributed by atoms with Gasteiger partial charge in [0.25, 0.3) is 5.91 Å². The summed E-state index contributed by atoms with van der Waals surface area (Å²) in [5.74, 6) is 1.54. The number of carbonyl (C=O) groups excluding carboxylic acids is 1. The maximum Gasteiger partial charge on any atom is 0.253 e. The van der Waals surface area contributed by atoms with Gasteiger partial charge in [0.1, 0.15) is 11.6 Å². The van der Waals surface area contributed by atoms with Crippen LogP contribution >= 0.6 is 0 Å². The van der Waals surface area contributed by atoms with Gasteiger partial charge in [0.2, 0.25) is 0 Å². The highest BCUT2D eigenvalue weighted by Crippen LogP contribution is 2.19. The lowest BCUT2D eigenvalue weighted by Crippen LogP contribution is -2.25. The maximum absolute atomic E-state index is 11.9. The minimum atomic E-state index is -0.0447. The Bertz CT molecular complexity index is 634. The summed E-state index contributed by atoms with van der Waals surface area (Å²) in [6, 6.07) is 11.8. The Labute approximate surface area is 129 Å². The summed E-state index contributed by atoms with van der Waals surface area (Å²) in [6.07, 6.45) is 3.77. The fraction of sp³-hybridized carbons (Fsp3) is 0.294. The van der Waals surface area contributed by atoms with Crippen molar-refractivity contribution in [3.05, 3.63) is 53.7 Å². The number of carbonyl (C=O) groups is 1. The van der Waals surface area contributed by atoms with Crippen molar-refractivity contribution in [1.82, 2.24) is 10.3 Å². The number of pyridine rings is 1. The number of anilines is 1. The normalized spacial score (nSPS) is 13.5. The van der Waals surface area contributed by atoms with Crippen LogP contribution in [-0.4, -0.2) is 24.0 Å². The van der Waals surface area contributed by atoms with Crippen LogP contribution in [0.25, 0.3) is 0 Å². The first-order chi connectivity index (χ1) is 10.7. The number of benzene rings is 1. The number of rotatable bonds is 6. The Morgan fingerprint density at radius 2 is 2.00 bits per heavy atom. The average molecular weight is 297 g/mol. The molecule has 3 rings (SSSR count). The van der Waals surface area contributed by atoms with Gasteiger partial charge in [-0.1, -0.05) is 12.1 Å². The zero-order valence-corrected chi connectivity index (χ0v) is 12.5. The van der Waals surface area contributed by atoms with E-state index in [4.69, 9.17) is 4.74 Å². The molecule has 0 atom stereocenters. The molecule has 0 unspecified atom stereocenters. The standard InChI is InChI=1S/C17H19N3O2/c1-22-15-7-2-12(3-8-15)10-18-16-9-4-13(11-19-16)17(21)20-14-5-6-14/h2-4,7-9,11,14H,5-6,10H2,1H3,(H,18,19)(H,20,21). The lowest BCUT2D eigenvalue weighted by molar-refractivity contribution is 0.0951. The van der Waals surface area contributed by atoms with Gasteiger partial charge in [-0.25, -0.2) is 4.98 Å². The summed E-state index contributed by atoms with van der Waals surface area (Å²) in [4.78, 5) is 16.1. The lowest BCUT2D eigenvalue weighted by atomic mass is 10.2. The molecule has 22 heavy (non-hydrogen) atoms. The zero-order valence-electron chi connectivity index (χ0n) is 12.5. The third-order valence-corrected chi connectivity index (χ3v) is 3.57. The van der Waals surface area contributed by atoms with Crippen molar-refractivity contribution >= 4 is 11.7 Å². The third-order valence-electron chi connectivity index (χ3n) is 3.57. The Morgan fingerprint density at radius 1 is 1.23 bits per heavy atom. The molecule has 0 radical (unpaired) electrons. The third kappa shape index (κ3) is 3.75. The number of nitrogens with one attached hydrogen (secondary N) is 2. The van der Waals surface area contributed by atoms with E-state index < -0.39 is 0 Å². The summed E-state index contributed by atoms with van der Waals surface area (Å²) < 4.78 is 5.13. The summed E-state index contributed by atoms with van der Waals surface area (Å²) in [5.41, 5.74) is 1.74. The second kappa shape index (κ2) is 6.47. The van der Waals surface area contributed by atoms with E-state index >= 15 is 0 Å². The van der Waals surface area contributed by atoms with Crippen molar-refractivity contribution in [2.24, 2.45) is 0 Å². The summed E-state index contributed by atoms with van der Waals surface area (Å²) >= 11 is 0. The van der Waals surface area contributed by atoms with Gasteiger partial charge in [0.05, 0.1) is 12.7 Å². The highest BCUT2D eigenvalue weighted by atomic mass is 16.5. The molecule has 1 aromatic carbocycles. The molecule has 1 heterocycles. The van der Waals surface area contributed by atoms with Crippen molar-refractivity contribution in [3.63, 3.8) is 0 Å². The molecule has 1 amide bonds. The van der Waals surface area contributed by atoms with E-state index in [0.29, 0.717) is 18.2 Å². The summed E-state index contributed by atoms with van der Waals surface area (Å²) in [7, 11) is 1.65. The Hall–Kier alpha value is -2.56. The van der Waals surface area contributed by atoms with Crippen molar-refractivity contribution < 1.29 is 9.53 Å². The van der Waals surface area contributed by atoms with Crippen molar-refractivity contribution in [2.45, 2.75) is 25.4 Å². The highest BCUT2D eigenvalue weighted by molar-refractivity contribution is 5.94. The minimum absolute atomic E-state index is 0.0447. The lowest BCUT2D eigenvalue weighted by Gasteiger charge is -2.08. The number of aromatic nitrogens is 1. The molecule has 114 valence electrons. The van der Waals surface area contributed by atoms with E-state index in [0.717, 1.165) is 30.0 Å². The molecular formula is C17H19N3O2. The van der Waals surface area contributed by atoms with Gasteiger partial charge in [-0.2, -0.15) is 0 Å². The first-order valence-corrected chi connectivity index (χ1v) is 7.38. The molecule has 1 saturated carbocycles. The monoisotopic (exact) mass is 297 g/mol. The first kappa shape index (κ1) is 14.4. The van der Waals surface area contributed by atoms with Crippen LogP contribution in [0.2, 0.25) is 0 Å². The van der Waals surface area contributed by atoms with Crippen LogP contribution < -0.4 is 15.4 Å². The van der Waals surface area contributed by atoms with Gasteiger partial charge < -0.3 is 15.4 Å². The van der Waals surface area contributed by atoms with Crippen molar-refractivity contribution in [2.75, 3.05) is 12.4 Å². The Morgan fingerprint density at radius 3 is 2.59 bits per heavy atom. The molecular weight excluding hydrogens is 278 g/mol. The molecule has 5 nitrogen and oxygen atoms in total. The molecule has 1 aliphatic rings. The number of hydrogen-bond acceptors (Lipinski definition) is 4. The molecule has 2 aromatic rings. The number of amides is 1. The topological polar surface area (TPSA) is 63.2 Å². The summed E-state index contributed by atoms with van der Waals surface area (Å²) in [5, 5.41) is 6.18. The molecule has 0 aliphatic heterocycles. The Balaban J connectivity index is 1.54. The van der Waals surface area contributed by atoms with Gasteiger partial charge >= 0.3 is 0 Å². The first-order valence-electron chi connectivity index (χ1n) is 7.38. The fourth-order valence-electron chi connectivity index (χ4n) is 2.07. The van der Waals surface area contributed by atoms with Gasteiger partial charge in [-0.3, -0.25) is 4.79 Å². The molecule has 0 bridgehead atoms. The van der Waals surface area contributed by atoms with Crippen LogP contribution in [0.4, 0.5) is 5.82 Å². The van der Waals surface area contributed by atoms with Crippen molar-refractivity contribution in [3.8, 4) is 5.75 Å². The zero-order chi connectivity index (χ0) is 15.4. The van der Waals surface area contributed by atoms with Crippen LogP contribution in [0.15, 0.2) is 42.6 Å². The maximum atomic E-state index is 11.9. The van der Waals surface area contributed by atoms with E-state index in [1.165, 1.54) is 0 Å². The molecule has 0 spiro atoms. The number of methoxy groups -OCH3 is 1. The molecule has 1 fully saturated rings. The SMILES string of the molecule is COc1ccc(CNc2ccc(C(=O)NC3CC3)cn2)cc1. The molecule has 0 saturated heterocycles. The summed E-state index contributed by atoms with van der Waals surface area (Å²) in [6.45, 7) is 0.671. The number of ether oxygens (including phenoxy) is 1. The van der Waals surface area contributed by atoms with E-state index in [-0.39, 0.29) is 5.91 Å². The van der Waals surface area contributed by atoms with Gasteiger partial charge in [0.15, 0.2) is 0 Å². The highest BCUT2D eigenvalue weighted by Gasteiger charge is 2.23. The van der Waals surface area contributed by atoms with Gasteiger partial charge in [-0.05, 0) is 42.7 Å².